The SMILES string of the molecule is C=C(F)C(=O)N1CCN(c2nc(OCCN3CCCOCC3)nc3c2CCN(c2cccc4cccc(C)c24)C3)C[C@@H]1CC#N. The molecule has 4 heterocycles. The lowest BCUT2D eigenvalue weighted by Crippen LogP contribution is -2.55. The Morgan fingerprint density at radius 1 is 1.11 bits per heavy atom. The molecule has 6 rings (SSSR count). The van der Waals surface area contributed by atoms with Crippen LogP contribution in [0.15, 0.2) is 48.8 Å². The highest BCUT2D eigenvalue weighted by atomic mass is 19.1. The summed E-state index contributed by atoms with van der Waals surface area (Å²) in [6.07, 6.45) is 1.81. The van der Waals surface area contributed by atoms with Crippen LogP contribution in [0.25, 0.3) is 10.8 Å². The van der Waals surface area contributed by atoms with E-state index in [1.54, 1.807) is 0 Å². The number of hydrogen-bond acceptors (Lipinski definition) is 9. The maximum atomic E-state index is 13.8. The molecule has 11 heteroatoms. The van der Waals surface area contributed by atoms with E-state index >= 15 is 0 Å². The van der Waals surface area contributed by atoms with Gasteiger partial charge in [-0.05, 0) is 36.8 Å². The average molecular weight is 614 g/mol. The van der Waals surface area contributed by atoms with Crippen molar-refractivity contribution in [3.63, 3.8) is 0 Å². The van der Waals surface area contributed by atoms with Crippen molar-refractivity contribution in [3.8, 4) is 12.1 Å². The Balaban J connectivity index is 1.30. The van der Waals surface area contributed by atoms with Crippen LogP contribution in [-0.4, -0.2) is 97.4 Å². The van der Waals surface area contributed by atoms with Gasteiger partial charge in [0.25, 0.3) is 5.91 Å². The third-order valence-electron chi connectivity index (χ3n) is 9.01. The summed E-state index contributed by atoms with van der Waals surface area (Å²) in [6.45, 7) is 12.3. The van der Waals surface area contributed by atoms with Gasteiger partial charge in [-0.2, -0.15) is 15.2 Å². The van der Waals surface area contributed by atoms with Crippen LogP contribution in [0.5, 0.6) is 6.01 Å². The molecule has 3 aromatic rings. The number of anilines is 2. The molecule has 0 unspecified atom stereocenters. The van der Waals surface area contributed by atoms with E-state index in [2.05, 4.69) is 70.7 Å². The number of carbonyl (C=O) groups is 1. The first-order valence-electron chi connectivity index (χ1n) is 15.8. The van der Waals surface area contributed by atoms with Crippen LogP contribution in [0, 0.1) is 18.3 Å². The number of nitrogens with zero attached hydrogens (tertiary/aromatic N) is 7. The van der Waals surface area contributed by atoms with Crippen molar-refractivity contribution in [3.05, 3.63) is 65.6 Å². The monoisotopic (exact) mass is 613 g/mol. The molecule has 0 saturated carbocycles. The minimum absolute atomic E-state index is 0.0832. The Labute approximate surface area is 263 Å². The van der Waals surface area contributed by atoms with Gasteiger partial charge in [-0.25, -0.2) is 4.39 Å². The van der Waals surface area contributed by atoms with Gasteiger partial charge in [0.2, 0.25) is 0 Å². The first kappa shape index (κ1) is 30.7. The van der Waals surface area contributed by atoms with Gasteiger partial charge in [0.15, 0.2) is 5.83 Å². The van der Waals surface area contributed by atoms with Crippen molar-refractivity contribution in [1.29, 1.82) is 5.26 Å². The Morgan fingerprint density at radius 3 is 2.78 bits per heavy atom. The van der Waals surface area contributed by atoms with Crippen LogP contribution in [0.2, 0.25) is 0 Å². The molecule has 0 radical (unpaired) electrons. The molecule has 2 saturated heterocycles. The van der Waals surface area contributed by atoms with E-state index in [0.29, 0.717) is 32.3 Å². The predicted octanol–water partition coefficient (Wildman–Crippen LogP) is 4.02. The first-order chi connectivity index (χ1) is 21.9. The molecule has 45 heavy (non-hydrogen) atoms. The third kappa shape index (κ3) is 6.72. The summed E-state index contributed by atoms with van der Waals surface area (Å²) in [4.78, 5) is 30.6. The number of aryl methyl sites for hydroxylation is 1. The van der Waals surface area contributed by atoms with Crippen LogP contribution < -0.4 is 14.5 Å². The van der Waals surface area contributed by atoms with E-state index in [1.807, 2.05) is 0 Å². The number of carbonyl (C=O) groups excluding carboxylic acids is 1. The van der Waals surface area contributed by atoms with Gasteiger partial charge < -0.3 is 24.2 Å². The normalized spacial score (nSPS) is 19.1. The molecule has 0 aliphatic carbocycles. The van der Waals surface area contributed by atoms with E-state index < -0.39 is 17.8 Å². The predicted molar refractivity (Wildman–Crippen MR) is 171 cm³/mol. The van der Waals surface area contributed by atoms with E-state index in [1.165, 1.54) is 26.9 Å². The second kappa shape index (κ2) is 13.8. The van der Waals surface area contributed by atoms with Gasteiger partial charge >= 0.3 is 6.01 Å². The molecular weight excluding hydrogens is 573 g/mol. The number of fused-ring (bicyclic) bond motifs is 2. The summed E-state index contributed by atoms with van der Waals surface area (Å²) < 4.78 is 25.6. The van der Waals surface area contributed by atoms with Crippen LogP contribution in [0.4, 0.5) is 15.9 Å². The average Bonchev–Trinajstić information content (AvgIpc) is 3.33. The molecule has 2 fully saturated rings. The minimum Gasteiger partial charge on any atom is -0.462 e. The lowest BCUT2D eigenvalue weighted by Gasteiger charge is -2.42. The fourth-order valence-electron chi connectivity index (χ4n) is 6.73. The number of benzene rings is 2. The third-order valence-corrected chi connectivity index (χ3v) is 9.01. The van der Waals surface area contributed by atoms with Crippen molar-refractivity contribution >= 4 is 28.2 Å². The second-order valence-corrected chi connectivity index (χ2v) is 11.9. The zero-order chi connectivity index (χ0) is 31.3. The number of nitriles is 1. The molecule has 0 spiro atoms. The smallest absolute Gasteiger partial charge is 0.318 e. The van der Waals surface area contributed by atoms with Crippen LogP contribution in [0.1, 0.15) is 29.7 Å². The summed E-state index contributed by atoms with van der Waals surface area (Å²) in [5.74, 6) is -1.01. The Kier molecular flexibility index (Phi) is 9.42. The molecule has 10 nitrogen and oxygen atoms in total. The molecule has 236 valence electrons. The number of ether oxygens (including phenoxy) is 2. The van der Waals surface area contributed by atoms with E-state index in [9.17, 15) is 14.4 Å². The van der Waals surface area contributed by atoms with E-state index in [-0.39, 0.29) is 13.0 Å². The number of piperazine rings is 1. The van der Waals surface area contributed by atoms with Gasteiger partial charge in [-0.15, -0.1) is 0 Å². The zero-order valence-corrected chi connectivity index (χ0v) is 25.9. The van der Waals surface area contributed by atoms with Crippen LogP contribution >= 0.6 is 0 Å². The highest BCUT2D eigenvalue weighted by molar-refractivity contribution is 5.97. The molecule has 0 N–H and O–H groups in total. The molecule has 3 aliphatic heterocycles. The fourth-order valence-corrected chi connectivity index (χ4v) is 6.73. The molecule has 1 aromatic heterocycles. The molecular formula is C34H40FN7O3. The van der Waals surface area contributed by atoms with Crippen LogP contribution in [0.3, 0.4) is 0 Å². The van der Waals surface area contributed by atoms with Gasteiger partial charge in [-0.3, -0.25) is 9.69 Å². The van der Waals surface area contributed by atoms with Crippen molar-refractivity contribution < 1.29 is 18.7 Å². The lowest BCUT2D eigenvalue weighted by atomic mass is 9.99. The Bertz CT molecular complexity index is 1600. The van der Waals surface area contributed by atoms with Crippen molar-refractivity contribution in [2.75, 3.05) is 75.4 Å². The summed E-state index contributed by atoms with van der Waals surface area (Å²) in [7, 11) is 0. The van der Waals surface area contributed by atoms with Crippen molar-refractivity contribution in [2.24, 2.45) is 0 Å². The number of aromatic nitrogens is 2. The molecule has 2 aromatic carbocycles. The maximum absolute atomic E-state index is 13.8. The first-order valence-corrected chi connectivity index (χ1v) is 15.8. The largest absolute Gasteiger partial charge is 0.462 e. The van der Waals surface area contributed by atoms with Gasteiger partial charge in [0, 0.05) is 69.1 Å². The Morgan fingerprint density at radius 2 is 1.96 bits per heavy atom. The van der Waals surface area contributed by atoms with Crippen LogP contribution in [-0.2, 0) is 22.5 Å². The summed E-state index contributed by atoms with van der Waals surface area (Å²) >= 11 is 0. The van der Waals surface area contributed by atoms with E-state index in [4.69, 9.17) is 19.4 Å². The zero-order valence-electron chi connectivity index (χ0n) is 25.9. The molecule has 1 amide bonds. The highest BCUT2D eigenvalue weighted by Gasteiger charge is 2.35. The van der Waals surface area contributed by atoms with Crippen molar-refractivity contribution in [2.45, 2.75) is 38.8 Å². The van der Waals surface area contributed by atoms with Gasteiger partial charge in [0.1, 0.15) is 12.4 Å². The topological polar surface area (TPSA) is 98.1 Å². The summed E-state index contributed by atoms with van der Waals surface area (Å²) in [6, 6.07) is 14.8. The minimum atomic E-state index is -1.01. The lowest BCUT2D eigenvalue weighted by molar-refractivity contribution is -0.131. The standard InChI is InChI=1S/C34H40FN7O3/c1-24-6-3-7-26-8-4-9-30(31(24)26)40-14-11-28-29(23-40)37-34(45-21-18-39-13-5-19-44-20-17-39)38-32(28)41-15-16-42(33(43)25(2)35)27(22-41)10-12-36/h3-4,6-9,27H,2,5,10-11,13-23H2,1H3/t27-/m0/s1. The molecule has 3 aliphatic rings. The maximum Gasteiger partial charge on any atom is 0.318 e. The Hall–Kier alpha value is -4.27. The molecule has 1 atom stereocenters. The second-order valence-electron chi connectivity index (χ2n) is 11.9. The fraction of sp³-hybridized carbons (Fsp3) is 0.471. The number of rotatable bonds is 8. The van der Waals surface area contributed by atoms with Gasteiger partial charge in [0.05, 0.1) is 37.4 Å². The number of halogens is 1. The summed E-state index contributed by atoms with van der Waals surface area (Å²) in [5.41, 5.74) is 4.36. The number of hydrogen-bond donors (Lipinski definition) is 0. The van der Waals surface area contributed by atoms with Gasteiger partial charge in [-0.1, -0.05) is 36.9 Å². The summed E-state index contributed by atoms with van der Waals surface area (Å²) in [5, 5.41) is 12.0. The highest BCUT2D eigenvalue weighted by Crippen LogP contribution is 2.36. The van der Waals surface area contributed by atoms with E-state index in [0.717, 1.165) is 69.3 Å². The van der Waals surface area contributed by atoms with Crippen molar-refractivity contribution in [1.82, 2.24) is 19.8 Å². The quantitative estimate of drug-likeness (QED) is 0.349. The number of amides is 1. The molecule has 0 bridgehead atoms.